The Morgan fingerprint density at radius 1 is 1.33 bits per heavy atom. The molecule has 1 amide bonds. The van der Waals surface area contributed by atoms with E-state index in [-0.39, 0.29) is 24.5 Å². The van der Waals surface area contributed by atoms with E-state index in [1.54, 1.807) is 43.8 Å². The van der Waals surface area contributed by atoms with Crippen LogP contribution in [0.4, 0.5) is 11.5 Å². The standard InChI is InChI=1S/C31H38N6O5S/c1-19-16-21(6-7-22(19)28(39)36-14-15-43-20(2)17-36)34-26-25-23(9-13-33-27(25)38)37(35-26)31(11-12-32)10-8-24(41-18-31)29(40)42-30(3,4)5/h6-7,9,13,16,20,24H,8,10-11,14-15,17-18H2,1-5H3,(H,33,38)(H,34,35). The highest BCUT2D eigenvalue weighted by Gasteiger charge is 2.43. The Hall–Kier alpha value is -3.82. The average Bonchev–Trinajstić information content (AvgIpc) is 3.32. The quantitative estimate of drug-likeness (QED) is 0.388. The molecule has 2 aliphatic heterocycles. The summed E-state index contributed by atoms with van der Waals surface area (Å²) in [5, 5.41) is 18.6. The Balaban J connectivity index is 1.43. The number of thioether (sulfide) groups is 1. The van der Waals surface area contributed by atoms with Crippen LogP contribution >= 0.6 is 11.8 Å². The van der Waals surface area contributed by atoms with Crippen molar-refractivity contribution in [2.24, 2.45) is 0 Å². The number of nitrogens with zero attached hydrogens (tertiary/aromatic N) is 4. The van der Waals surface area contributed by atoms with Gasteiger partial charge in [0.1, 0.15) is 11.0 Å². The van der Waals surface area contributed by atoms with Gasteiger partial charge in [-0.1, -0.05) is 6.92 Å². The van der Waals surface area contributed by atoms with E-state index in [1.165, 1.54) is 0 Å². The number of nitriles is 1. The van der Waals surface area contributed by atoms with E-state index >= 15 is 0 Å². The van der Waals surface area contributed by atoms with E-state index < -0.39 is 23.2 Å². The lowest BCUT2D eigenvalue weighted by Gasteiger charge is -2.39. The van der Waals surface area contributed by atoms with Gasteiger partial charge in [-0.25, -0.2) is 4.79 Å². The molecule has 11 nitrogen and oxygen atoms in total. The van der Waals surface area contributed by atoms with Crippen LogP contribution in [0.2, 0.25) is 0 Å². The number of ether oxygens (including phenoxy) is 2. The molecule has 2 N–H and O–H groups in total. The van der Waals surface area contributed by atoms with Crippen molar-refractivity contribution in [1.29, 1.82) is 5.26 Å². The number of hydrogen-bond acceptors (Lipinski definition) is 9. The van der Waals surface area contributed by atoms with Gasteiger partial charge in [-0.15, -0.1) is 0 Å². The van der Waals surface area contributed by atoms with Crippen molar-refractivity contribution in [2.75, 3.05) is 30.8 Å². The first-order valence-corrected chi connectivity index (χ1v) is 15.6. The number of fused-ring (bicyclic) bond motifs is 1. The average molecular weight is 607 g/mol. The van der Waals surface area contributed by atoms with Crippen molar-refractivity contribution in [3.05, 3.63) is 51.9 Å². The number of esters is 1. The third kappa shape index (κ3) is 6.43. The van der Waals surface area contributed by atoms with E-state index in [4.69, 9.17) is 14.6 Å². The molecule has 0 radical (unpaired) electrons. The van der Waals surface area contributed by atoms with Crippen LogP contribution < -0.4 is 10.9 Å². The van der Waals surface area contributed by atoms with Gasteiger partial charge in [0.25, 0.3) is 11.5 Å². The van der Waals surface area contributed by atoms with Crippen molar-refractivity contribution in [2.45, 2.75) is 76.4 Å². The maximum absolute atomic E-state index is 13.2. The Bertz CT molecular complexity index is 1630. The SMILES string of the molecule is Cc1cc(Nc2nn(C3(CC#N)CCC(C(=O)OC(C)(C)C)OC3)c3cc[nH]c(=O)c23)ccc1C(=O)N1CCSC(C)C1. The number of rotatable bonds is 6. The second kappa shape index (κ2) is 12.1. The second-order valence-corrected chi connectivity index (χ2v) is 13.9. The van der Waals surface area contributed by atoms with Crippen LogP contribution in [0.3, 0.4) is 0 Å². The highest BCUT2D eigenvalue weighted by molar-refractivity contribution is 7.99. The first-order valence-electron chi connectivity index (χ1n) is 14.5. The van der Waals surface area contributed by atoms with Crippen molar-refractivity contribution >= 4 is 46.0 Å². The zero-order chi connectivity index (χ0) is 30.9. The van der Waals surface area contributed by atoms with Gasteiger partial charge in [-0.2, -0.15) is 22.1 Å². The molecule has 3 aromatic rings. The normalized spacial score (nSPS) is 22.7. The molecule has 5 rings (SSSR count). The number of H-pyrrole nitrogens is 1. The predicted molar refractivity (Wildman–Crippen MR) is 166 cm³/mol. The smallest absolute Gasteiger partial charge is 0.335 e. The van der Waals surface area contributed by atoms with E-state index in [9.17, 15) is 19.6 Å². The largest absolute Gasteiger partial charge is 0.458 e. The Labute approximate surface area is 254 Å². The highest BCUT2D eigenvalue weighted by atomic mass is 32.2. The lowest BCUT2D eigenvalue weighted by atomic mass is 9.87. The predicted octanol–water partition coefficient (Wildman–Crippen LogP) is 4.48. The molecule has 3 unspecified atom stereocenters. The molecule has 1 aromatic carbocycles. The number of amides is 1. The van der Waals surface area contributed by atoms with Crippen molar-refractivity contribution in [3.63, 3.8) is 0 Å². The zero-order valence-corrected chi connectivity index (χ0v) is 26.0. The monoisotopic (exact) mass is 606 g/mol. The van der Waals surface area contributed by atoms with Crippen molar-refractivity contribution < 1.29 is 19.1 Å². The summed E-state index contributed by atoms with van der Waals surface area (Å²) in [4.78, 5) is 43.6. The molecule has 0 saturated carbocycles. The fraction of sp³-hybridized carbons (Fsp3) is 0.516. The molecular formula is C31H38N6O5S. The Morgan fingerprint density at radius 3 is 2.77 bits per heavy atom. The van der Waals surface area contributed by atoms with Gasteiger partial charge in [0.2, 0.25) is 0 Å². The fourth-order valence-electron chi connectivity index (χ4n) is 5.71. The molecule has 0 spiro atoms. The first kappa shape index (κ1) is 30.6. The molecule has 0 aliphatic carbocycles. The molecule has 3 atom stereocenters. The van der Waals surface area contributed by atoms with Crippen LogP contribution in [0, 0.1) is 18.3 Å². The van der Waals surface area contributed by atoms with Crippen LogP contribution in [-0.2, 0) is 19.8 Å². The molecule has 2 fully saturated rings. The van der Waals surface area contributed by atoms with Crippen molar-refractivity contribution in [3.8, 4) is 6.07 Å². The molecule has 0 bridgehead atoms. The van der Waals surface area contributed by atoms with Gasteiger partial charge in [-0.3, -0.25) is 14.3 Å². The third-order valence-corrected chi connectivity index (χ3v) is 8.94. The molecular weight excluding hydrogens is 568 g/mol. The van der Waals surface area contributed by atoms with Crippen LogP contribution in [0.5, 0.6) is 0 Å². The van der Waals surface area contributed by atoms with Crippen LogP contribution in [-0.4, -0.2) is 73.9 Å². The molecule has 228 valence electrons. The van der Waals surface area contributed by atoms with Crippen LogP contribution in [0.1, 0.15) is 62.9 Å². The minimum atomic E-state index is -0.894. The molecule has 2 aliphatic rings. The number of aromatic amines is 1. The number of pyridine rings is 1. The van der Waals surface area contributed by atoms with E-state index in [0.717, 1.165) is 24.4 Å². The number of carbonyl (C=O) groups is 2. The zero-order valence-electron chi connectivity index (χ0n) is 25.2. The van der Waals surface area contributed by atoms with Gasteiger partial charge in [-0.05, 0) is 70.4 Å². The second-order valence-electron chi connectivity index (χ2n) is 12.3. The fourth-order valence-corrected chi connectivity index (χ4v) is 6.72. The minimum absolute atomic E-state index is 0.0165. The lowest BCUT2D eigenvalue weighted by Crippen LogP contribution is -2.47. The maximum Gasteiger partial charge on any atom is 0.335 e. The van der Waals surface area contributed by atoms with E-state index in [0.29, 0.717) is 46.1 Å². The maximum atomic E-state index is 13.2. The summed E-state index contributed by atoms with van der Waals surface area (Å²) in [6.07, 6.45) is 1.64. The molecule has 2 saturated heterocycles. The topological polar surface area (TPSA) is 142 Å². The number of hydrogen-bond donors (Lipinski definition) is 2. The van der Waals surface area contributed by atoms with Gasteiger partial charge in [0.05, 0.1) is 30.2 Å². The van der Waals surface area contributed by atoms with Gasteiger partial charge < -0.3 is 24.7 Å². The number of benzene rings is 1. The number of nitrogens with one attached hydrogen (secondary N) is 2. The summed E-state index contributed by atoms with van der Waals surface area (Å²) in [7, 11) is 0. The summed E-state index contributed by atoms with van der Waals surface area (Å²) in [6, 6.07) is 9.49. The van der Waals surface area contributed by atoms with E-state index in [1.807, 2.05) is 35.7 Å². The summed E-state index contributed by atoms with van der Waals surface area (Å²) >= 11 is 1.88. The van der Waals surface area contributed by atoms with Crippen molar-refractivity contribution in [1.82, 2.24) is 19.7 Å². The Morgan fingerprint density at radius 2 is 2.12 bits per heavy atom. The van der Waals surface area contributed by atoms with Gasteiger partial charge in [0, 0.05) is 41.5 Å². The summed E-state index contributed by atoms with van der Waals surface area (Å²) < 4.78 is 13.2. The van der Waals surface area contributed by atoms with Crippen LogP contribution in [0.25, 0.3) is 10.9 Å². The number of aromatic nitrogens is 3. The first-order chi connectivity index (χ1) is 20.4. The van der Waals surface area contributed by atoms with Crippen LogP contribution in [0.15, 0.2) is 35.3 Å². The molecule has 12 heteroatoms. The minimum Gasteiger partial charge on any atom is -0.458 e. The van der Waals surface area contributed by atoms with E-state index in [2.05, 4.69) is 23.3 Å². The molecule has 43 heavy (non-hydrogen) atoms. The number of anilines is 2. The lowest BCUT2D eigenvalue weighted by molar-refractivity contribution is -0.176. The van der Waals surface area contributed by atoms with Gasteiger partial charge in [0.15, 0.2) is 11.9 Å². The summed E-state index contributed by atoms with van der Waals surface area (Å²) in [5.74, 6) is 0.829. The van der Waals surface area contributed by atoms with Gasteiger partial charge >= 0.3 is 5.97 Å². The summed E-state index contributed by atoms with van der Waals surface area (Å²) in [5.41, 5.74) is 0.804. The molecule has 4 heterocycles. The summed E-state index contributed by atoms with van der Waals surface area (Å²) in [6.45, 7) is 10.9. The number of aryl methyl sites for hydroxylation is 1. The Kier molecular flexibility index (Phi) is 8.58. The third-order valence-electron chi connectivity index (χ3n) is 7.80. The number of carbonyl (C=O) groups excluding carboxylic acids is 2. The molecule has 2 aromatic heterocycles. The highest BCUT2D eigenvalue weighted by Crippen LogP contribution is 2.37.